The molecule has 2 saturated carbocycles. The van der Waals surface area contributed by atoms with Gasteiger partial charge in [-0.3, -0.25) is 0 Å². The predicted octanol–water partition coefficient (Wildman–Crippen LogP) is 3.54. The second-order valence-electron chi connectivity index (χ2n) is 9.07. The minimum atomic E-state index is 0.278. The summed E-state index contributed by atoms with van der Waals surface area (Å²) in [4.78, 5) is 9.16. The Hall–Kier alpha value is -2.81. The van der Waals surface area contributed by atoms with Gasteiger partial charge in [-0.15, -0.1) is 0 Å². The summed E-state index contributed by atoms with van der Waals surface area (Å²) < 4.78 is 11.6. The molecule has 9 nitrogen and oxygen atoms in total. The van der Waals surface area contributed by atoms with E-state index in [1.54, 1.807) is 7.05 Å². The SMILES string of the molecule is Cc1nc(/C(N)=C(\CNc2noc(C(C)C3CC3)n2)N(C)N)ccc1OC1CCCCC1. The molecule has 0 aromatic carbocycles. The summed E-state index contributed by atoms with van der Waals surface area (Å²) in [5, 5.41) is 8.69. The van der Waals surface area contributed by atoms with Gasteiger partial charge in [0, 0.05) is 13.0 Å². The monoisotopic (exact) mass is 441 g/mol. The first-order valence-corrected chi connectivity index (χ1v) is 11.6. The lowest BCUT2D eigenvalue weighted by atomic mass is 9.98. The van der Waals surface area contributed by atoms with Crippen molar-refractivity contribution in [3.63, 3.8) is 0 Å². The molecule has 2 aliphatic carbocycles. The van der Waals surface area contributed by atoms with Crippen LogP contribution in [0.1, 0.15) is 75.1 Å². The highest BCUT2D eigenvalue weighted by molar-refractivity contribution is 5.64. The van der Waals surface area contributed by atoms with Crippen LogP contribution in [0.5, 0.6) is 5.75 Å². The van der Waals surface area contributed by atoms with E-state index in [1.807, 2.05) is 19.1 Å². The molecule has 0 amide bonds. The molecule has 2 aromatic heterocycles. The quantitative estimate of drug-likeness (QED) is 0.395. The molecule has 2 fully saturated rings. The van der Waals surface area contributed by atoms with Gasteiger partial charge in [0.25, 0.3) is 5.95 Å². The maximum Gasteiger partial charge on any atom is 0.263 e. The van der Waals surface area contributed by atoms with E-state index in [-0.39, 0.29) is 12.0 Å². The van der Waals surface area contributed by atoms with E-state index in [4.69, 9.17) is 20.8 Å². The Labute approximate surface area is 189 Å². The first-order chi connectivity index (χ1) is 15.4. The standard InChI is InChI=1S/C23H35N7O2/c1-14(16-9-10-16)22-28-23(29-32-22)26-13-19(30(3)25)21(24)18-11-12-20(15(2)27-18)31-17-7-5-4-6-8-17/h11-12,14,16-17H,4-10,13,24-25H2,1-3H3,(H,26,29)/b21-19-. The van der Waals surface area contributed by atoms with Crippen LogP contribution in [0, 0.1) is 12.8 Å². The van der Waals surface area contributed by atoms with E-state index in [2.05, 4.69) is 27.4 Å². The van der Waals surface area contributed by atoms with Gasteiger partial charge in [0.15, 0.2) is 0 Å². The Kier molecular flexibility index (Phi) is 6.83. The molecule has 5 N–H and O–H groups in total. The molecule has 1 unspecified atom stereocenters. The second-order valence-corrected chi connectivity index (χ2v) is 9.07. The average Bonchev–Trinajstić information content (AvgIpc) is 3.53. The number of aryl methyl sites for hydroxylation is 1. The van der Waals surface area contributed by atoms with Crippen molar-refractivity contribution in [2.24, 2.45) is 17.5 Å². The molecule has 2 heterocycles. The molecule has 2 aliphatic rings. The number of nitrogens with zero attached hydrogens (tertiary/aromatic N) is 4. The average molecular weight is 442 g/mol. The van der Waals surface area contributed by atoms with Gasteiger partial charge in [0.2, 0.25) is 5.89 Å². The first-order valence-electron chi connectivity index (χ1n) is 11.6. The number of likely N-dealkylation sites (N-methyl/N-ethyl adjacent to an activating group) is 1. The van der Waals surface area contributed by atoms with Crippen molar-refractivity contribution in [3.05, 3.63) is 35.1 Å². The Balaban J connectivity index is 1.44. The zero-order valence-corrected chi connectivity index (χ0v) is 19.3. The molecule has 32 heavy (non-hydrogen) atoms. The lowest BCUT2D eigenvalue weighted by Gasteiger charge is -2.24. The normalized spacial score (nSPS) is 18.8. The van der Waals surface area contributed by atoms with E-state index in [1.165, 1.54) is 37.1 Å². The van der Waals surface area contributed by atoms with Crippen molar-refractivity contribution in [2.75, 3.05) is 18.9 Å². The van der Waals surface area contributed by atoms with Crippen LogP contribution in [-0.4, -0.2) is 39.8 Å². The number of hydrogen-bond donors (Lipinski definition) is 3. The third kappa shape index (κ3) is 5.32. The van der Waals surface area contributed by atoms with Crippen LogP contribution >= 0.6 is 0 Å². The van der Waals surface area contributed by atoms with Gasteiger partial charge in [-0.1, -0.05) is 13.3 Å². The van der Waals surface area contributed by atoms with E-state index < -0.39 is 0 Å². The third-order valence-corrected chi connectivity index (χ3v) is 6.47. The summed E-state index contributed by atoms with van der Waals surface area (Å²) >= 11 is 0. The highest BCUT2D eigenvalue weighted by atomic mass is 16.5. The van der Waals surface area contributed by atoms with Gasteiger partial charge in [-0.25, -0.2) is 10.8 Å². The zero-order valence-electron chi connectivity index (χ0n) is 19.3. The number of hydrazine groups is 1. The van der Waals surface area contributed by atoms with Gasteiger partial charge in [-0.2, -0.15) is 4.98 Å². The molecule has 0 radical (unpaired) electrons. The minimum Gasteiger partial charge on any atom is -0.489 e. The molecular weight excluding hydrogens is 406 g/mol. The van der Waals surface area contributed by atoms with Gasteiger partial charge < -0.3 is 25.3 Å². The van der Waals surface area contributed by atoms with Crippen molar-refractivity contribution in [1.29, 1.82) is 0 Å². The predicted molar refractivity (Wildman–Crippen MR) is 123 cm³/mol. The molecule has 1 atom stereocenters. The van der Waals surface area contributed by atoms with Gasteiger partial charge in [0.1, 0.15) is 5.75 Å². The van der Waals surface area contributed by atoms with E-state index in [0.29, 0.717) is 41.4 Å². The molecular formula is C23H35N7O2. The van der Waals surface area contributed by atoms with Crippen molar-refractivity contribution >= 4 is 11.6 Å². The topological polar surface area (TPSA) is 128 Å². The molecule has 0 bridgehead atoms. The zero-order chi connectivity index (χ0) is 22.7. The Morgan fingerprint density at radius 3 is 2.62 bits per heavy atom. The van der Waals surface area contributed by atoms with Crippen LogP contribution in [0.4, 0.5) is 5.95 Å². The largest absolute Gasteiger partial charge is 0.489 e. The maximum atomic E-state index is 6.46. The third-order valence-electron chi connectivity index (χ3n) is 6.47. The summed E-state index contributed by atoms with van der Waals surface area (Å²) in [7, 11) is 1.74. The molecule has 0 saturated heterocycles. The smallest absolute Gasteiger partial charge is 0.263 e. The second kappa shape index (κ2) is 9.77. The lowest BCUT2D eigenvalue weighted by molar-refractivity contribution is 0.153. The number of anilines is 1. The highest BCUT2D eigenvalue weighted by Crippen LogP contribution is 2.41. The Bertz CT molecular complexity index is 946. The molecule has 9 heteroatoms. The fraction of sp³-hybridized carbons (Fsp3) is 0.609. The minimum absolute atomic E-state index is 0.278. The Morgan fingerprint density at radius 1 is 1.22 bits per heavy atom. The fourth-order valence-electron chi connectivity index (χ4n) is 4.20. The summed E-state index contributed by atoms with van der Waals surface area (Å²) in [5.74, 6) is 8.93. The van der Waals surface area contributed by atoms with E-state index in [0.717, 1.165) is 24.3 Å². The molecule has 174 valence electrons. The lowest BCUT2D eigenvalue weighted by Crippen LogP contribution is -2.32. The highest BCUT2D eigenvalue weighted by Gasteiger charge is 2.32. The van der Waals surface area contributed by atoms with Gasteiger partial charge >= 0.3 is 0 Å². The number of hydrogen-bond acceptors (Lipinski definition) is 9. The number of pyridine rings is 1. The molecule has 0 aliphatic heterocycles. The van der Waals surface area contributed by atoms with Crippen LogP contribution < -0.4 is 21.6 Å². The number of ether oxygens (including phenoxy) is 1. The van der Waals surface area contributed by atoms with Crippen LogP contribution in [0.3, 0.4) is 0 Å². The first kappa shape index (κ1) is 22.4. The van der Waals surface area contributed by atoms with Crippen LogP contribution in [0.15, 0.2) is 22.4 Å². The fourth-order valence-corrected chi connectivity index (χ4v) is 4.20. The summed E-state index contributed by atoms with van der Waals surface area (Å²) in [5.41, 5.74) is 9.11. The number of nitrogens with one attached hydrogen (secondary N) is 1. The number of rotatable bonds is 9. The van der Waals surface area contributed by atoms with E-state index >= 15 is 0 Å². The van der Waals surface area contributed by atoms with Crippen molar-refractivity contribution in [3.8, 4) is 5.75 Å². The summed E-state index contributed by atoms with van der Waals surface area (Å²) in [6, 6.07) is 3.83. The van der Waals surface area contributed by atoms with Crippen LogP contribution in [-0.2, 0) is 0 Å². The van der Waals surface area contributed by atoms with Gasteiger partial charge in [0.05, 0.1) is 35.4 Å². The summed E-state index contributed by atoms with van der Waals surface area (Å²) in [6.07, 6.45) is 8.69. The molecule has 4 rings (SSSR count). The van der Waals surface area contributed by atoms with Crippen molar-refractivity contribution in [2.45, 2.75) is 70.8 Å². The Morgan fingerprint density at radius 2 is 1.97 bits per heavy atom. The van der Waals surface area contributed by atoms with Crippen molar-refractivity contribution in [1.82, 2.24) is 20.1 Å². The van der Waals surface area contributed by atoms with Crippen LogP contribution in [0.2, 0.25) is 0 Å². The molecule has 2 aromatic rings. The number of aromatic nitrogens is 3. The van der Waals surface area contributed by atoms with Crippen molar-refractivity contribution < 1.29 is 9.26 Å². The molecule has 0 spiro atoms. The van der Waals surface area contributed by atoms with Crippen LogP contribution in [0.25, 0.3) is 5.70 Å². The van der Waals surface area contributed by atoms with E-state index in [9.17, 15) is 0 Å². The maximum absolute atomic E-state index is 6.46. The number of nitrogens with two attached hydrogens (primary N) is 2. The van der Waals surface area contributed by atoms with Gasteiger partial charge in [-0.05, 0) is 68.7 Å². The summed E-state index contributed by atoms with van der Waals surface area (Å²) in [6.45, 7) is 4.42.